The lowest BCUT2D eigenvalue weighted by Gasteiger charge is -2.19. The molecule has 0 aromatic heterocycles. The molecular weight excluding hydrogens is 192 g/mol. The van der Waals surface area contributed by atoms with E-state index in [-0.39, 0.29) is 12.1 Å². The Morgan fingerprint density at radius 1 is 1.53 bits per heavy atom. The highest BCUT2D eigenvalue weighted by Crippen LogP contribution is 2.19. The zero-order valence-electron chi connectivity index (χ0n) is 9.37. The number of hydrogen-bond acceptors (Lipinski definition) is 2. The molecule has 86 valence electrons. The summed E-state index contributed by atoms with van der Waals surface area (Å²) in [5.74, 6) is 0.704. The van der Waals surface area contributed by atoms with Crippen LogP contribution in [0.2, 0.25) is 0 Å². The topological polar surface area (TPSA) is 41.6 Å². The summed E-state index contributed by atoms with van der Waals surface area (Å²) in [6, 6.07) is 0.333. The molecule has 2 atom stereocenters. The van der Waals surface area contributed by atoms with Gasteiger partial charge in [-0.1, -0.05) is 13.3 Å². The molecule has 4 heteroatoms. The van der Waals surface area contributed by atoms with E-state index in [1.165, 1.54) is 6.42 Å². The second-order valence-corrected chi connectivity index (χ2v) is 4.52. The fraction of sp³-hybridized carbons (Fsp3) is 0.909. The van der Waals surface area contributed by atoms with Gasteiger partial charge in [-0.15, -0.1) is 0 Å². The Hall–Kier alpha value is -0.770. The van der Waals surface area contributed by atoms with Crippen LogP contribution in [-0.2, 0) is 4.74 Å². The van der Waals surface area contributed by atoms with Gasteiger partial charge in [-0.25, -0.2) is 4.79 Å². The summed E-state index contributed by atoms with van der Waals surface area (Å²) >= 11 is 0. The average Bonchev–Trinajstić information content (AvgIpc) is 2.86. The first-order valence-electron chi connectivity index (χ1n) is 5.92. The van der Waals surface area contributed by atoms with Gasteiger partial charge >= 0.3 is 6.03 Å². The number of nitrogens with one attached hydrogen (secondary N) is 1. The first kappa shape index (κ1) is 10.7. The van der Waals surface area contributed by atoms with Gasteiger partial charge in [-0.2, -0.15) is 0 Å². The number of rotatable bonds is 2. The Morgan fingerprint density at radius 2 is 2.40 bits per heavy atom. The fourth-order valence-corrected chi connectivity index (χ4v) is 2.26. The van der Waals surface area contributed by atoms with Crippen molar-refractivity contribution in [3.63, 3.8) is 0 Å². The number of hydrogen-bond donors (Lipinski definition) is 1. The van der Waals surface area contributed by atoms with Gasteiger partial charge in [0.1, 0.15) is 0 Å². The van der Waals surface area contributed by atoms with E-state index in [1.54, 1.807) is 0 Å². The standard InChI is InChI=1S/C11H20N2O2/c1-2-9-3-5-13(7-9)11(14)12-10-4-6-15-8-10/h9-10H,2-8H2,1H3,(H,12,14). The molecule has 0 saturated carbocycles. The molecule has 2 fully saturated rings. The lowest BCUT2D eigenvalue weighted by molar-refractivity contribution is 0.181. The van der Waals surface area contributed by atoms with Gasteiger partial charge < -0.3 is 15.0 Å². The number of ether oxygens (including phenoxy) is 1. The molecule has 15 heavy (non-hydrogen) atoms. The lowest BCUT2D eigenvalue weighted by atomic mass is 10.1. The third-order valence-electron chi connectivity index (χ3n) is 3.41. The molecule has 2 amide bonds. The second-order valence-electron chi connectivity index (χ2n) is 4.52. The maximum atomic E-state index is 11.8. The minimum atomic E-state index is 0.0986. The van der Waals surface area contributed by atoms with Crippen LogP contribution in [0.3, 0.4) is 0 Å². The van der Waals surface area contributed by atoms with Crippen LogP contribution in [0.5, 0.6) is 0 Å². The molecule has 0 radical (unpaired) electrons. The molecule has 2 heterocycles. The molecule has 0 aromatic carbocycles. The molecule has 2 aliphatic heterocycles. The monoisotopic (exact) mass is 212 g/mol. The van der Waals surface area contributed by atoms with Crippen molar-refractivity contribution in [3.05, 3.63) is 0 Å². The largest absolute Gasteiger partial charge is 0.379 e. The van der Waals surface area contributed by atoms with E-state index in [0.29, 0.717) is 12.5 Å². The van der Waals surface area contributed by atoms with Crippen LogP contribution in [0.1, 0.15) is 26.2 Å². The van der Waals surface area contributed by atoms with Crippen LogP contribution >= 0.6 is 0 Å². The van der Waals surface area contributed by atoms with Crippen LogP contribution in [0.15, 0.2) is 0 Å². The predicted molar refractivity (Wildman–Crippen MR) is 57.7 cm³/mol. The number of carbonyl (C=O) groups excluding carboxylic acids is 1. The SMILES string of the molecule is CCC1CCN(C(=O)NC2CCOC2)C1. The summed E-state index contributed by atoms with van der Waals surface area (Å²) < 4.78 is 5.23. The molecule has 4 nitrogen and oxygen atoms in total. The Balaban J connectivity index is 1.76. The van der Waals surface area contributed by atoms with Crippen molar-refractivity contribution < 1.29 is 9.53 Å². The van der Waals surface area contributed by atoms with Crippen molar-refractivity contribution in [1.82, 2.24) is 10.2 Å². The van der Waals surface area contributed by atoms with Crippen LogP contribution in [-0.4, -0.2) is 43.3 Å². The molecule has 2 unspecified atom stereocenters. The Kier molecular flexibility index (Phi) is 3.46. The normalized spacial score (nSPS) is 30.9. The first-order valence-corrected chi connectivity index (χ1v) is 5.92. The predicted octanol–water partition coefficient (Wildman–Crippen LogP) is 1.22. The zero-order valence-corrected chi connectivity index (χ0v) is 9.37. The van der Waals surface area contributed by atoms with Gasteiger partial charge in [0.05, 0.1) is 12.6 Å². The van der Waals surface area contributed by atoms with Gasteiger partial charge in [0.2, 0.25) is 0 Å². The van der Waals surface area contributed by atoms with E-state index >= 15 is 0 Å². The molecule has 2 aliphatic rings. The van der Waals surface area contributed by atoms with E-state index in [2.05, 4.69) is 12.2 Å². The lowest BCUT2D eigenvalue weighted by Crippen LogP contribution is -2.44. The van der Waals surface area contributed by atoms with Crippen molar-refractivity contribution in [2.24, 2.45) is 5.92 Å². The van der Waals surface area contributed by atoms with Crippen molar-refractivity contribution >= 4 is 6.03 Å². The van der Waals surface area contributed by atoms with E-state index in [0.717, 1.165) is 32.5 Å². The van der Waals surface area contributed by atoms with Crippen molar-refractivity contribution in [2.75, 3.05) is 26.3 Å². The second kappa shape index (κ2) is 4.84. The molecular formula is C11H20N2O2. The summed E-state index contributed by atoms with van der Waals surface area (Å²) in [4.78, 5) is 13.8. The molecule has 1 N–H and O–H groups in total. The number of amides is 2. The van der Waals surface area contributed by atoms with E-state index in [9.17, 15) is 4.79 Å². The van der Waals surface area contributed by atoms with E-state index in [1.807, 2.05) is 4.90 Å². The highest BCUT2D eigenvalue weighted by molar-refractivity contribution is 5.74. The van der Waals surface area contributed by atoms with Crippen LogP contribution < -0.4 is 5.32 Å². The number of nitrogens with zero attached hydrogens (tertiary/aromatic N) is 1. The minimum Gasteiger partial charge on any atom is -0.379 e. The highest BCUT2D eigenvalue weighted by atomic mass is 16.5. The summed E-state index contributed by atoms with van der Waals surface area (Å²) in [5.41, 5.74) is 0. The Labute approximate surface area is 91.0 Å². The average molecular weight is 212 g/mol. The van der Waals surface area contributed by atoms with Crippen LogP contribution in [0, 0.1) is 5.92 Å². The maximum absolute atomic E-state index is 11.8. The molecule has 0 spiro atoms. The zero-order chi connectivity index (χ0) is 10.7. The number of carbonyl (C=O) groups is 1. The third kappa shape index (κ3) is 2.62. The van der Waals surface area contributed by atoms with Gasteiger partial charge in [-0.3, -0.25) is 0 Å². The van der Waals surface area contributed by atoms with Crippen LogP contribution in [0.25, 0.3) is 0 Å². The quantitative estimate of drug-likeness (QED) is 0.747. The Morgan fingerprint density at radius 3 is 3.00 bits per heavy atom. The smallest absolute Gasteiger partial charge is 0.317 e. The number of urea groups is 1. The van der Waals surface area contributed by atoms with Gasteiger partial charge in [0.15, 0.2) is 0 Å². The molecule has 0 aliphatic carbocycles. The van der Waals surface area contributed by atoms with Crippen molar-refractivity contribution in [2.45, 2.75) is 32.2 Å². The van der Waals surface area contributed by atoms with Gasteiger partial charge in [-0.05, 0) is 18.8 Å². The summed E-state index contributed by atoms with van der Waals surface area (Å²) in [6.45, 7) is 5.49. The Bertz CT molecular complexity index is 227. The summed E-state index contributed by atoms with van der Waals surface area (Å²) in [7, 11) is 0. The van der Waals surface area contributed by atoms with E-state index in [4.69, 9.17) is 4.74 Å². The summed E-state index contributed by atoms with van der Waals surface area (Å²) in [5, 5.41) is 3.03. The maximum Gasteiger partial charge on any atom is 0.317 e. The summed E-state index contributed by atoms with van der Waals surface area (Å²) in [6.07, 6.45) is 3.29. The minimum absolute atomic E-state index is 0.0986. The van der Waals surface area contributed by atoms with Gasteiger partial charge in [0.25, 0.3) is 0 Å². The molecule has 2 rings (SSSR count). The molecule has 2 saturated heterocycles. The van der Waals surface area contributed by atoms with Crippen molar-refractivity contribution in [3.8, 4) is 0 Å². The molecule has 0 bridgehead atoms. The third-order valence-corrected chi connectivity index (χ3v) is 3.41. The number of likely N-dealkylation sites (tertiary alicyclic amines) is 1. The molecule has 0 aromatic rings. The van der Waals surface area contributed by atoms with Gasteiger partial charge in [0, 0.05) is 19.7 Å². The first-order chi connectivity index (χ1) is 7.29. The fourth-order valence-electron chi connectivity index (χ4n) is 2.26. The van der Waals surface area contributed by atoms with E-state index < -0.39 is 0 Å². The van der Waals surface area contributed by atoms with Crippen LogP contribution in [0.4, 0.5) is 4.79 Å². The highest BCUT2D eigenvalue weighted by Gasteiger charge is 2.27. The van der Waals surface area contributed by atoms with Crippen molar-refractivity contribution in [1.29, 1.82) is 0 Å².